The first-order valence-electron chi connectivity index (χ1n) is 10.3. The van der Waals surface area contributed by atoms with E-state index in [2.05, 4.69) is 12.2 Å². The molecular formula is C20H33NO3. The zero-order chi connectivity index (χ0) is 16.5. The summed E-state index contributed by atoms with van der Waals surface area (Å²) >= 11 is 0. The predicted octanol–water partition coefficient (Wildman–Crippen LogP) is 3.15. The topological polar surface area (TPSA) is 47.6 Å². The highest BCUT2D eigenvalue weighted by Gasteiger charge is 2.55. The number of carbonyl (C=O) groups excluding carboxylic acids is 1. The van der Waals surface area contributed by atoms with Gasteiger partial charge in [0.05, 0.1) is 12.0 Å². The molecule has 4 aliphatic rings. The van der Waals surface area contributed by atoms with Crippen LogP contribution in [0.2, 0.25) is 0 Å². The van der Waals surface area contributed by atoms with Gasteiger partial charge in [-0.05, 0) is 69.9 Å². The highest BCUT2D eigenvalue weighted by Crippen LogP contribution is 2.51. The first-order chi connectivity index (χ1) is 11.7. The molecule has 0 bridgehead atoms. The van der Waals surface area contributed by atoms with Crippen molar-refractivity contribution in [1.29, 1.82) is 0 Å². The maximum atomic E-state index is 12.3. The zero-order valence-corrected chi connectivity index (χ0v) is 15.0. The fourth-order valence-electron chi connectivity index (χ4n) is 5.93. The van der Waals surface area contributed by atoms with Crippen LogP contribution in [-0.4, -0.2) is 37.9 Å². The highest BCUT2D eigenvalue weighted by atomic mass is 16.6. The number of piperidine rings is 1. The van der Waals surface area contributed by atoms with Crippen molar-refractivity contribution in [2.45, 2.75) is 70.5 Å². The van der Waals surface area contributed by atoms with Crippen molar-refractivity contribution in [3.63, 3.8) is 0 Å². The smallest absolute Gasteiger partial charge is 0.309 e. The third kappa shape index (κ3) is 3.24. The van der Waals surface area contributed by atoms with Crippen LogP contribution in [0.3, 0.4) is 0 Å². The van der Waals surface area contributed by atoms with Gasteiger partial charge in [0.2, 0.25) is 0 Å². The summed E-state index contributed by atoms with van der Waals surface area (Å²) in [5, 5.41) is 3.44. The summed E-state index contributed by atoms with van der Waals surface area (Å²) in [5.74, 6) is 2.59. The Labute approximate surface area is 146 Å². The molecule has 4 rings (SSSR count). The van der Waals surface area contributed by atoms with Crippen LogP contribution in [0, 0.1) is 29.6 Å². The molecule has 2 saturated heterocycles. The fraction of sp³-hybridized carbons (Fsp3) is 0.950. The first kappa shape index (κ1) is 16.8. The van der Waals surface area contributed by atoms with Gasteiger partial charge >= 0.3 is 5.97 Å². The van der Waals surface area contributed by atoms with Crippen LogP contribution in [0.25, 0.3) is 0 Å². The van der Waals surface area contributed by atoms with Crippen molar-refractivity contribution in [2.75, 3.05) is 19.7 Å². The molecule has 4 heteroatoms. The van der Waals surface area contributed by atoms with Gasteiger partial charge in [-0.1, -0.05) is 19.3 Å². The molecule has 2 heterocycles. The number of nitrogens with one attached hydrogen (secondary N) is 1. The largest absolute Gasteiger partial charge is 0.462 e. The Morgan fingerprint density at radius 2 is 1.96 bits per heavy atom. The van der Waals surface area contributed by atoms with Gasteiger partial charge in [-0.15, -0.1) is 0 Å². The molecule has 0 unspecified atom stereocenters. The van der Waals surface area contributed by atoms with Crippen molar-refractivity contribution in [2.24, 2.45) is 29.6 Å². The summed E-state index contributed by atoms with van der Waals surface area (Å²) in [5.41, 5.74) is 0. The van der Waals surface area contributed by atoms with Crippen molar-refractivity contribution >= 4 is 5.97 Å². The van der Waals surface area contributed by atoms with Crippen LogP contribution < -0.4 is 5.32 Å². The van der Waals surface area contributed by atoms with Crippen molar-refractivity contribution in [1.82, 2.24) is 5.32 Å². The Morgan fingerprint density at radius 3 is 2.79 bits per heavy atom. The molecule has 1 N–H and O–H groups in total. The molecule has 0 amide bonds. The lowest BCUT2D eigenvalue weighted by Crippen LogP contribution is -2.48. The van der Waals surface area contributed by atoms with Gasteiger partial charge in [-0.2, -0.15) is 0 Å². The molecule has 0 spiro atoms. The van der Waals surface area contributed by atoms with Crippen LogP contribution in [-0.2, 0) is 14.3 Å². The van der Waals surface area contributed by atoms with E-state index in [4.69, 9.17) is 9.47 Å². The Morgan fingerprint density at radius 1 is 1.17 bits per heavy atom. The number of ether oxygens (including phenoxy) is 2. The molecule has 136 valence electrons. The van der Waals surface area contributed by atoms with E-state index in [1.165, 1.54) is 44.9 Å². The lowest BCUT2D eigenvalue weighted by Gasteiger charge is -2.46. The monoisotopic (exact) mass is 335 g/mol. The number of hydrogen-bond donors (Lipinski definition) is 1. The minimum absolute atomic E-state index is 0.0363. The van der Waals surface area contributed by atoms with Crippen LogP contribution in [0.4, 0.5) is 0 Å². The van der Waals surface area contributed by atoms with Gasteiger partial charge in [0, 0.05) is 12.5 Å². The number of carbonyl (C=O) groups is 1. The number of fused-ring (bicyclic) bond motifs is 2. The second kappa shape index (κ2) is 7.33. The fourth-order valence-corrected chi connectivity index (χ4v) is 5.93. The molecule has 0 radical (unpaired) electrons. The quantitative estimate of drug-likeness (QED) is 0.802. The van der Waals surface area contributed by atoms with E-state index in [1.54, 1.807) is 0 Å². The highest BCUT2D eigenvalue weighted by molar-refractivity contribution is 5.75. The van der Waals surface area contributed by atoms with E-state index in [-0.39, 0.29) is 24.1 Å². The minimum atomic E-state index is 0.0363. The number of cyclic esters (lactones) is 1. The van der Waals surface area contributed by atoms with Crippen molar-refractivity contribution in [3.8, 4) is 0 Å². The van der Waals surface area contributed by atoms with Crippen LogP contribution in [0.1, 0.15) is 58.3 Å². The Kier molecular flexibility index (Phi) is 5.14. The Bertz CT molecular complexity index is 448. The van der Waals surface area contributed by atoms with E-state index in [0.29, 0.717) is 17.8 Å². The molecule has 2 saturated carbocycles. The molecular weight excluding hydrogens is 302 g/mol. The van der Waals surface area contributed by atoms with Crippen LogP contribution >= 0.6 is 0 Å². The van der Waals surface area contributed by atoms with Crippen molar-refractivity contribution in [3.05, 3.63) is 0 Å². The molecule has 24 heavy (non-hydrogen) atoms. The van der Waals surface area contributed by atoms with E-state index >= 15 is 0 Å². The molecule has 2 aliphatic heterocycles. The second-order valence-corrected chi connectivity index (χ2v) is 8.59. The van der Waals surface area contributed by atoms with Crippen LogP contribution in [0.15, 0.2) is 0 Å². The Balaban J connectivity index is 1.41. The first-order valence-corrected chi connectivity index (χ1v) is 10.3. The van der Waals surface area contributed by atoms with Crippen LogP contribution in [0.5, 0.6) is 0 Å². The molecule has 4 nitrogen and oxygen atoms in total. The molecule has 2 aliphatic carbocycles. The molecule has 4 fully saturated rings. The van der Waals surface area contributed by atoms with Gasteiger partial charge < -0.3 is 14.8 Å². The Hall–Kier alpha value is -0.610. The molecule has 0 aromatic heterocycles. The minimum Gasteiger partial charge on any atom is -0.462 e. The summed E-state index contributed by atoms with van der Waals surface area (Å²) in [6.45, 7) is 5.25. The maximum absolute atomic E-state index is 12.3. The van der Waals surface area contributed by atoms with Gasteiger partial charge in [-0.3, -0.25) is 4.79 Å². The number of rotatable bonds is 4. The average Bonchev–Trinajstić information content (AvgIpc) is 2.89. The van der Waals surface area contributed by atoms with E-state index in [1.807, 2.05) is 0 Å². The standard InChI is InChI=1S/C20H33NO3/c1-13-18-17(20(22)24-13)12-15-4-2-3-5-16(15)19(18)23-11-8-14-6-9-21-10-7-14/h13-19,21H,2-12H2,1H3/t13-,15+,16-,17-,18-,19+/m0/s1. The second-order valence-electron chi connectivity index (χ2n) is 8.59. The van der Waals surface area contributed by atoms with E-state index < -0.39 is 0 Å². The average molecular weight is 335 g/mol. The van der Waals surface area contributed by atoms with E-state index in [0.717, 1.165) is 32.0 Å². The molecule has 0 aromatic rings. The zero-order valence-electron chi connectivity index (χ0n) is 15.0. The lowest BCUT2D eigenvalue weighted by atomic mass is 9.61. The van der Waals surface area contributed by atoms with Gasteiger partial charge in [0.25, 0.3) is 0 Å². The summed E-state index contributed by atoms with van der Waals surface area (Å²) in [7, 11) is 0. The molecule has 0 aromatic carbocycles. The summed E-state index contributed by atoms with van der Waals surface area (Å²) < 4.78 is 12.1. The SMILES string of the molecule is C[C@@H]1OC(=O)[C@H]2C[C@H]3CCCC[C@@H]3[C@@H](OCCC3CCNCC3)[C@@H]12. The van der Waals surface area contributed by atoms with Gasteiger partial charge in [0.1, 0.15) is 6.10 Å². The summed E-state index contributed by atoms with van der Waals surface area (Å²) in [6.07, 6.45) is 10.3. The maximum Gasteiger partial charge on any atom is 0.309 e. The molecule has 6 atom stereocenters. The number of esters is 1. The third-order valence-electron chi connectivity index (χ3n) is 7.23. The summed E-state index contributed by atoms with van der Waals surface area (Å²) in [4.78, 5) is 12.3. The van der Waals surface area contributed by atoms with Crippen molar-refractivity contribution < 1.29 is 14.3 Å². The normalized spacial score (nSPS) is 43.1. The van der Waals surface area contributed by atoms with E-state index in [9.17, 15) is 4.79 Å². The predicted molar refractivity (Wildman–Crippen MR) is 92.5 cm³/mol. The van der Waals surface area contributed by atoms with Gasteiger partial charge in [0.15, 0.2) is 0 Å². The summed E-state index contributed by atoms with van der Waals surface area (Å²) in [6, 6.07) is 0. The third-order valence-corrected chi connectivity index (χ3v) is 7.23. The lowest BCUT2D eigenvalue weighted by molar-refractivity contribution is -0.145. The van der Waals surface area contributed by atoms with Gasteiger partial charge in [-0.25, -0.2) is 0 Å². The number of hydrogen-bond acceptors (Lipinski definition) is 4.